The van der Waals surface area contributed by atoms with E-state index in [1.807, 2.05) is 26.3 Å². The van der Waals surface area contributed by atoms with Gasteiger partial charge in [0.25, 0.3) is 0 Å². The molecule has 1 saturated carbocycles. The van der Waals surface area contributed by atoms with Crippen molar-refractivity contribution < 1.29 is 4.74 Å². The molecule has 3 heteroatoms. The second-order valence-corrected chi connectivity index (χ2v) is 5.70. The van der Waals surface area contributed by atoms with Crippen molar-refractivity contribution in [1.82, 2.24) is 5.32 Å². The molecular weight excluding hydrogens is 246 g/mol. The average molecular weight is 268 g/mol. The highest BCUT2D eigenvalue weighted by Gasteiger charge is 2.38. The lowest BCUT2D eigenvalue weighted by Crippen LogP contribution is -2.45. The van der Waals surface area contributed by atoms with Gasteiger partial charge in [-0.2, -0.15) is 0 Å². The number of methoxy groups -OCH3 is 1. The Hall–Kier alpha value is -0.570. The van der Waals surface area contributed by atoms with Crippen LogP contribution < -0.4 is 5.32 Å². The quantitative estimate of drug-likeness (QED) is 0.853. The van der Waals surface area contributed by atoms with Gasteiger partial charge in [0.2, 0.25) is 0 Å². The first-order valence-electron chi connectivity index (χ1n) is 6.64. The van der Waals surface area contributed by atoms with Crippen molar-refractivity contribution in [2.24, 2.45) is 0 Å². The minimum absolute atomic E-state index is 0.125. The Balaban J connectivity index is 1.94. The number of rotatable bonds is 6. The van der Waals surface area contributed by atoms with Gasteiger partial charge in [0.15, 0.2) is 0 Å². The molecule has 0 aliphatic heterocycles. The maximum atomic E-state index is 5.91. The number of nitrogens with one attached hydrogen (secondary N) is 1. The standard InChI is InChI=1S/C15H22ClNO/c1-17-14(11-15(18-2)8-3-9-15)10-12-4-6-13(16)7-5-12/h4-7,14,17H,3,8-11H2,1-2H3. The Morgan fingerprint density at radius 2 is 2.00 bits per heavy atom. The van der Waals surface area contributed by atoms with Gasteiger partial charge in [0.05, 0.1) is 5.60 Å². The fourth-order valence-corrected chi connectivity index (χ4v) is 2.82. The van der Waals surface area contributed by atoms with Gasteiger partial charge in [0, 0.05) is 18.2 Å². The van der Waals surface area contributed by atoms with Crippen LogP contribution in [0.5, 0.6) is 0 Å². The Morgan fingerprint density at radius 3 is 2.44 bits per heavy atom. The molecule has 2 nitrogen and oxygen atoms in total. The zero-order valence-corrected chi connectivity index (χ0v) is 12.0. The first-order valence-corrected chi connectivity index (χ1v) is 7.02. The average Bonchev–Trinajstić information content (AvgIpc) is 2.35. The largest absolute Gasteiger partial charge is 0.378 e. The minimum Gasteiger partial charge on any atom is -0.378 e. The summed E-state index contributed by atoms with van der Waals surface area (Å²) in [6, 6.07) is 8.59. The molecule has 0 amide bonds. The normalized spacial score (nSPS) is 19.3. The summed E-state index contributed by atoms with van der Waals surface area (Å²) in [5.41, 5.74) is 1.45. The van der Waals surface area contributed by atoms with Crippen LogP contribution in [0.4, 0.5) is 0 Å². The second kappa shape index (κ2) is 6.05. The monoisotopic (exact) mass is 267 g/mol. The Bertz CT molecular complexity index is 367. The number of hydrogen-bond donors (Lipinski definition) is 1. The van der Waals surface area contributed by atoms with E-state index >= 15 is 0 Å². The summed E-state index contributed by atoms with van der Waals surface area (Å²) in [6.45, 7) is 0. The van der Waals surface area contributed by atoms with Crippen LogP contribution in [0.2, 0.25) is 5.02 Å². The van der Waals surface area contributed by atoms with Crippen molar-refractivity contribution in [2.45, 2.75) is 43.7 Å². The molecule has 1 atom stereocenters. The highest BCUT2D eigenvalue weighted by atomic mass is 35.5. The molecule has 1 aromatic carbocycles. The van der Waals surface area contributed by atoms with Gasteiger partial charge in [-0.25, -0.2) is 0 Å². The van der Waals surface area contributed by atoms with Crippen LogP contribution in [0.25, 0.3) is 0 Å². The molecule has 100 valence electrons. The number of likely N-dealkylation sites (N-methyl/N-ethyl adjacent to an activating group) is 1. The first-order chi connectivity index (χ1) is 8.67. The van der Waals surface area contributed by atoms with E-state index in [9.17, 15) is 0 Å². The molecule has 0 radical (unpaired) electrons. The van der Waals surface area contributed by atoms with Crippen LogP contribution in [0.1, 0.15) is 31.2 Å². The molecule has 18 heavy (non-hydrogen) atoms. The molecule has 0 heterocycles. The summed E-state index contributed by atoms with van der Waals surface area (Å²) in [4.78, 5) is 0. The number of ether oxygens (including phenoxy) is 1. The van der Waals surface area contributed by atoms with E-state index in [1.54, 1.807) is 0 Å². The summed E-state index contributed by atoms with van der Waals surface area (Å²) in [5, 5.41) is 4.21. The first kappa shape index (κ1) is 13.9. The SMILES string of the molecule is CNC(Cc1ccc(Cl)cc1)CC1(OC)CCC1. The van der Waals surface area contributed by atoms with Gasteiger partial charge < -0.3 is 10.1 Å². The lowest BCUT2D eigenvalue weighted by atomic mass is 9.75. The van der Waals surface area contributed by atoms with E-state index in [4.69, 9.17) is 16.3 Å². The summed E-state index contributed by atoms with van der Waals surface area (Å²) >= 11 is 5.91. The summed E-state index contributed by atoms with van der Waals surface area (Å²) in [6.07, 6.45) is 5.80. The minimum atomic E-state index is 0.125. The van der Waals surface area contributed by atoms with Gasteiger partial charge in [-0.3, -0.25) is 0 Å². The molecule has 1 aliphatic rings. The number of hydrogen-bond acceptors (Lipinski definition) is 2. The molecule has 0 spiro atoms. The topological polar surface area (TPSA) is 21.3 Å². The van der Waals surface area contributed by atoms with Crippen LogP contribution in [0.15, 0.2) is 24.3 Å². The van der Waals surface area contributed by atoms with Gasteiger partial charge in [-0.15, -0.1) is 0 Å². The fraction of sp³-hybridized carbons (Fsp3) is 0.600. The molecule has 0 bridgehead atoms. The molecule has 2 rings (SSSR count). The molecular formula is C15H22ClNO. The van der Waals surface area contributed by atoms with Gasteiger partial charge in [0.1, 0.15) is 0 Å². The van der Waals surface area contributed by atoms with E-state index in [0.29, 0.717) is 6.04 Å². The van der Waals surface area contributed by atoms with Crippen LogP contribution in [-0.2, 0) is 11.2 Å². The fourth-order valence-electron chi connectivity index (χ4n) is 2.69. The van der Waals surface area contributed by atoms with E-state index < -0.39 is 0 Å². The van der Waals surface area contributed by atoms with Crippen molar-refractivity contribution in [3.8, 4) is 0 Å². The third-order valence-electron chi connectivity index (χ3n) is 4.12. The molecule has 1 N–H and O–H groups in total. The van der Waals surface area contributed by atoms with Crippen molar-refractivity contribution in [3.63, 3.8) is 0 Å². The van der Waals surface area contributed by atoms with Crippen LogP contribution in [0, 0.1) is 0 Å². The maximum absolute atomic E-state index is 5.91. The van der Waals surface area contributed by atoms with Gasteiger partial charge >= 0.3 is 0 Å². The Labute approximate surface area is 115 Å². The Morgan fingerprint density at radius 1 is 1.33 bits per heavy atom. The molecule has 1 aliphatic carbocycles. The van der Waals surface area contributed by atoms with Crippen molar-refractivity contribution in [3.05, 3.63) is 34.9 Å². The second-order valence-electron chi connectivity index (χ2n) is 5.26. The lowest BCUT2D eigenvalue weighted by molar-refractivity contribution is -0.0830. The zero-order valence-electron chi connectivity index (χ0n) is 11.2. The van der Waals surface area contributed by atoms with Crippen LogP contribution in [-0.4, -0.2) is 25.8 Å². The molecule has 0 saturated heterocycles. The van der Waals surface area contributed by atoms with Crippen LogP contribution >= 0.6 is 11.6 Å². The van der Waals surface area contributed by atoms with Crippen LogP contribution in [0.3, 0.4) is 0 Å². The smallest absolute Gasteiger partial charge is 0.0693 e. The number of benzene rings is 1. The number of halogens is 1. The van der Waals surface area contributed by atoms with E-state index in [-0.39, 0.29) is 5.60 Å². The van der Waals surface area contributed by atoms with Crippen molar-refractivity contribution in [2.75, 3.05) is 14.2 Å². The highest BCUT2D eigenvalue weighted by molar-refractivity contribution is 6.30. The van der Waals surface area contributed by atoms with Gasteiger partial charge in [-0.1, -0.05) is 23.7 Å². The third kappa shape index (κ3) is 3.25. The van der Waals surface area contributed by atoms with Crippen molar-refractivity contribution in [1.29, 1.82) is 0 Å². The summed E-state index contributed by atoms with van der Waals surface area (Å²) in [7, 11) is 3.87. The predicted octanol–water partition coefficient (Wildman–Crippen LogP) is 3.43. The van der Waals surface area contributed by atoms with Crippen molar-refractivity contribution >= 4 is 11.6 Å². The van der Waals surface area contributed by atoms with E-state index in [2.05, 4.69) is 17.4 Å². The van der Waals surface area contributed by atoms with E-state index in [1.165, 1.54) is 24.8 Å². The summed E-state index contributed by atoms with van der Waals surface area (Å²) < 4.78 is 5.70. The molecule has 1 aromatic rings. The van der Waals surface area contributed by atoms with Gasteiger partial charge in [-0.05, 0) is 56.8 Å². The molecule has 1 fully saturated rings. The summed E-state index contributed by atoms with van der Waals surface area (Å²) in [5.74, 6) is 0. The highest BCUT2D eigenvalue weighted by Crippen LogP contribution is 2.39. The maximum Gasteiger partial charge on any atom is 0.0693 e. The lowest BCUT2D eigenvalue weighted by Gasteiger charge is -2.42. The Kier molecular flexibility index (Phi) is 4.66. The predicted molar refractivity (Wildman–Crippen MR) is 76.2 cm³/mol. The third-order valence-corrected chi connectivity index (χ3v) is 4.37. The zero-order chi connectivity index (χ0) is 13.0. The van der Waals surface area contributed by atoms with E-state index in [0.717, 1.165) is 17.9 Å². The molecule has 0 aromatic heterocycles. The molecule has 1 unspecified atom stereocenters.